The summed E-state index contributed by atoms with van der Waals surface area (Å²) in [5, 5.41) is 13.7. The predicted molar refractivity (Wildman–Crippen MR) is 102 cm³/mol. The van der Waals surface area contributed by atoms with Crippen molar-refractivity contribution in [1.82, 2.24) is 25.2 Å². The zero-order valence-electron chi connectivity index (χ0n) is 14.2. The molecule has 9 heteroatoms. The van der Waals surface area contributed by atoms with Crippen LogP contribution in [0.2, 0.25) is 5.02 Å². The second-order valence-corrected chi connectivity index (χ2v) is 7.20. The van der Waals surface area contributed by atoms with Crippen LogP contribution in [0.4, 0.5) is 0 Å². The van der Waals surface area contributed by atoms with Crippen molar-refractivity contribution in [3.05, 3.63) is 69.5 Å². The van der Waals surface area contributed by atoms with Crippen LogP contribution >= 0.6 is 22.9 Å². The number of hydrogen-bond donors (Lipinski definition) is 1. The number of halogens is 1. The SMILES string of the molecule is Cc1nn(-c2ccc(Cl)cc2)cc1-c1noc(C(=O)NCc2cccs2)n1. The van der Waals surface area contributed by atoms with Crippen LogP contribution in [0.15, 0.2) is 52.5 Å². The molecule has 4 aromatic rings. The van der Waals surface area contributed by atoms with Crippen molar-refractivity contribution in [2.45, 2.75) is 13.5 Å². The van der Waals surface area contributed by atoms with Crippen molar-refractivity contribution >= 4 is 28.8 Å². The van der Waals surface area contributed by atoms with Gasteiger partial charge >= 0.3 is 11.8 Å². The lowest BCUT2D eigenvalue weighted by atomic mass is 10.2. The zero-order chi connectivity index (χ0) is 18.8. The molecule has 7 nitrogen and oxygen atoms in total. The second kappa shape index (κ2) is 7.34. The summed E-state index contributed by atoms with van der Waals surface area (Å²) in [6.45, 7) is 2.26. The maximum absolute atomic E-state index is 12.2. The molecule has 0 aliphatic rings. The molecule has 0 aliphatic carbocycles. The third-order valence-corrected chi connectivity index (χ3v) is 4.98. The fourth-order valence-electron chi connectivity index (χ4n) is 2.49. The number of nitrogens with one attached hydrogen (secondary N) is 1. The smallest absolute Gasteiger partial charge is 0.316 e. The lowest BCUT2D eigenvalue weighted by Crippen LogP contribution is -2.22. The Balaban J connectivity index is 1.52. The van der Waals surface area contributed by atoms with E-state index in [1.54, 1.807) is 34.3 Å². The Morgan fingerprint density at radius 1 is 1.30 bits per heavy atom. The number of rotatable bonds is 5. The van der Waals surface area contributed by atoms with Crippen LogP contribution < -0.4 is 5.32 Å². The highest BCUT2D eigenvalue weighted by molar-refractivity contribution is 7.09. The Hall–Kier alpha value is -2.97. The van der Waals surface area contributed by atoms with Gasteiger partial charge in [0.2, 0.25) is 5.82 Å². The Morgan fingerprint density at radius 2 is 2.11 bits per heavy atom. The summed E-state index contributed by atoms with van der Waals surface area (Å²) in [6.07, 6.45) is 1.79. The number of carbonyl (C=O) groups excluding carboxylic acids is 1. The van der Waals surface area contributed by atoms with E-state index in [2.05, 4.69) is 20.6 Å². The Bertz CT molecular complexity index is 1070. The molecule has 0 unspecified atom stereocenters. The Morgan fingerprint density at radius 3 is 2.85 bits per heavy atom. The minimum absolute atomic E-state index is 0.0831. The fourth-order valence-corrected chi connectivity index (χ4v) is 3.26. The summed E-state index contributed by atoms with van der Waals surface area (Å²) in [6, 6.07) is 11.2. The molecule has 1 aromatic carbocycles. The van der Waals surface area contributed by atoms with Crippen LogP contribution in [0.1, 0.15) is 21.3 Å². The molecular formula is C18H14ClN5O2S. The van der Waals surface area contributed by atoms with Gasteiger partial charge in [-0.1, -0.05) is 22.8 Å². The summed E-state index contributed by atoms with van der Waals surface area (Å²) in [7, 11) is 0. The largest absolute Gasteiger partial charge is 0.343 e. The quantitative estimate of drug-likeness (QED) is 0.550. The van der Waals surface area contributed by atoms with Crippen LogP contribution in [0.3, 0.4) is 0 Å². The number of hydrogen-bond acceptors (Lipinski definition) is 6. The minimum atomic E-state index is -0.412. The molecule has 0 spiro atoms. The number of benzene rings is 1. The van der Waals surface area contributed by atoms with Gasteiger partial charge in [-0.3, -0.25) is 4.79 Å². The first-order valence-electron chi connectivity index (χ1n) is 8.07. The van der Waals surface area contributed by atoms with E-state index in [1.807, 2.05) is 36.6 Å². The van der Waals surface area contributed by atoms with Gasteiger partial charge in [0.25, 0.3) is 0 Å². The molecule has 136 valence electrons. The average Bonchev–Trinajstić information content (AvgIpc) is 3.41. The molecule has 0 radical (unpaired) electrons. The van der Waals surface area contributed by atoms with Gasteiger partial charge in [0.05, 0.1) is 23.5 Å². The van der Waals surface area contributed by atoms with Gasteiger partial charge in [-0.15, -0.1) is 11.3 Å². The molecule has 1 amide bonds. The van der Waals surface area contributed by atoms with E-state index in [1.165, 1.54) is 0 Å². The van der Waals surface area contributed by atoms with E-state index in [9.17, 15) is 4.79 Å². The van der Waals surface area contributed by atoms with E-state index in [-0.39, 0.29) is 5.89 Å². The molecule has 0 fully saturated rings. The van der Waals surface area contributed by atoms with Crippen molar-refractivity contribution in [3.63, 3.8) is 0 Å². The summed E-state index contributed by atoms with van der Waals surface area (Å²) in [4.78, 5) is 17.4. The maximum Gasteiger partial charge on any atom is 0.316 e. The van der Waals surface area contributed by atoms with Crippen LogP contribution in [-0.4, -0.2) is 25.8 Å². The molecule has 1 N–H and O–H groups in total. The molecule has 0 saturated carbocycles. The number of thiophene rings is 1. The lowest BCUT2D eigenvalue weighted by molar-refractivity contribution is 0.0907. The maximum atomic E-state index is 12.2. The molecule has 3 aromatic heterocycles. The van der Waals surface area contributed by atoms with E-state index in [4.69, 9.17) is 16.1 Å². The predicted octanol–water partition coefficient (Wildman–Crippen LogP) is 3.88. The van der Waals surface area contributed by atoms with Crippen molar-refractivity contribution in [2.24, 2.45) is 0 Å². The fraction of sp³-hybridized carbons (Fsp3) is 0.111. The van der Waals surface area contributed by atoms with Crippen LogP contribution in [0, 0.1) is 6.92 Å². The van der Waals surface area contributed by atoms with Crippen molar-refractivity contribution < 1.29 is 9.32 Å². The third-order valence-electron chi connectivity index (χ3n) is 3.85. The summed E-state index contributed by atoms with van der Waals surface area (Å²) in [5.41, 5.74) is 2.26. The monoisotopic (exact) mass is 399 g/mol. The zero-order valence-corrected chi connectivity index (χ0v) is 15.8. The third kappa shape index (κ3) is 3.76. The first-order valence-corrected chi connectivity index (χ1v) is 9.33. The normalized spacial score (nSPS) is 10.9. The molecule has 0 saturated heterocycles. The topological polar surface area (TPSA) is 85.8 Å². The Labute approximate surface area is 163 Å². The molecule has 0 atom stereocenters. The van der Waals surface area contributed by atoms with Gasteiger partial charge in [0.15, 0.2) is 0 Å². The molecule has 27 heavy (non-hydrogen) atoms. The van der Waals surface area contributed by atoms with Gasteiger partial charge in [-0.25, -0.2) is 4.68 Å². The van der Waals surface area contributed by atoms with E-state index >= 15 is 0 Å². The van der Waals surface area contributed by atoms with Gasteiger partial charge < -0.3 is 9.84 Å². The second-order valence-electron chi connectivity index (χ2n) is 5.73. The first kappa shape index (κ1) is 17.4. The number of aryl methyl sites for hydroxylation is 1. The van der Waals surface area contributed by atoms with E-state index in [0.717, 1.165) is 16.3 Å². The van der Waals surface area contributed by atoms with Crippen molar-refractivity contribution in [2.75, 3.05) is 0 Å². The minimum Gasteiger partial charge on any atom is -0.343 e. The highest BCUT2D eigenvalue weighted by Gasteiger charge is 2.19. The average molecular weight is 400 g/mol. The molecule has 3 heterocycles. The highest BCUT2D eigenvalue weighted by Crippen LogP contribution is 2.22. The van der Waals surface area contributed by atoms with Crippen LogP contribution in [-0.2, 0) is 6.54 Å². The Kier molecular flexibility index (Phi) is 4.74. The summed E-state index contributed by atoms with van der Waals surface area (Å²) < 4.78 is 6.81. The number of amides is 1. The molecular weight excluding hydrogens is 386 g/mol. The van der Waals surface area contributed by atoms with Crippen LogP contribution in [0.5, 0.6) is 0 Å². The van der Waals surface area contributed by atoms with E-state index in [0.29, 0.717) is 23.0 Å². The van der Waals surface area contributed by atoms with Crippen LogP contribution in [0.25, 0.3) is 17.1 Å². The molecule has 0 aliphatic heterocycles. The number of carbonyl (C=O) groups is 1. The summed E-state index contributed by atoms with van der Waals surface area (Å²) >= 11 is 7.49. The highest BCUT2D eigenvalue weighted by atomic mass is 35.5. The molecule has 4 rings (SSSR count). The lowest BCUT2D eigenvalue weighted by Gasteiger charge is -2.00. The van der Waals surface area contributed by atoms with Crippen molar-refractivity contribution in [3.8, 4) is 17.1 Å². The van der Waals surface area contributed by atoms with Gasteiger partial charge in [0, 0.05) is 16.1 Å². The first-order chi connectivity index (χ1) is 13.1. The van der Waals surface area contributed by atoms with Gasteiger partial charge in [-0.2, -0.15) is 10.1 Å². The summed E-state index contributed by atoms with van der Waals surface area (Å²) in [5.74, 6) is -0.181. The number of nitrogens with zero attached hydrogens (tertiary/aromatic N) is 4. The molecule has 0 bridgehead atoms. The van der Waals surface area contributed by atoms with Crippen molar-refractivity contribution in [1.29, 1.82) is 0 Å². The van der Waals surface area contributed by atoms with Gasteiger partial charge in [0.1, 0.15) is 0 Å². The standard InChI is InChI=1S/C18H14ClN5O2S/c1-11-15(10-24(22-11)13-6-4-12(19)5-7-13)16-21-18(26-23-16)17(25)20-9-14-3-2-8-27-14/h2-8,10H,9H2,1H3,(H,20,25). The van der Waals surface area contributed by atoms with Gasteiger partial charge in [-0.05, 0) is 42.6 Å². The number of aromatic nitrogens is 4. The van der Waals surface area contributed by atoms with E-state index < -0.39 is 5.91 Å².